The van der Waals surface area contributed by atoms with Crippen LogP contribution in [0.5, 0.6) is 0 Å². The third-order valence-electron chi connectivity index (χ3n) is 11.6. The smallest absolute Gasteiger partial charge is 0.194 e. The molecule has 0 amide bonds. The molecule has 0 spiro atoms. The number of carbonyl (C=O) groups is 4. The highest BCUT2D eigenvalue weighted by Gasteiger charge is 2.31. The molecular formula is C55H31BrN2O4S2. The van der Waals surface area contributed by atoms with E-state index in [1.54, 1.807) is 83.3 Å². The van der Waals surface area contributed by atoms with Gasteiger partial charge in [0, 0.05) is 70.4 Å². The lowest BCUT2D eigenvalue weighted by molar-refractivity contribution is 0.0979. The number of fused-ring (bicyclic) bond motifs is 5. The summed E-state index contributed by atoms with van der Waals surface area (Å²) in [6.07, 6.45) is 0. The second kappa shape index (κ2) is 16.0. The lowest BCUT2D eigenvalue weighted by atomic mass is 9.83. The van der Waals surface area contributed by atoms with Crippen LogP contribution in [-0.4, -0.2) is 32.7 Å². The second-order valence-corrected chi connectivity index (χ2v) is 18.9. The van der Waals surface area contributed by atoms with Crippen molar-refractivity contribution in [3.63, 3.8) is 0 Å². The highest BCUT2D eigenvalue weighted by Crippen LogP contribution is 2.39. The molecule has 10 aromatic rings. The first kappa shape index (κ1) is 39.4. The van der Waals surface area contributed by atoms with Crippen LogP contribution in [0.4, 0.5) is 0 Å². The van der Waals surface area contributed by atoms with Gasteiger partial charge >= 0.3 is 0 Å². The van der Waals surface area contributed by atoms with E-state index in [-0.39, 0.29) is 23.1 Å². The molecule has 64 heavy (non-hydrogen) atoms. The molecule has 0 N–H and O–H groups in total. The largest absolute Gasteiger partial charge is 0.292 e. The van der Waals surface area contributed by atoms with Crippen LogP contribution in [0.3, 0.4) is 0 Å². The van der Waals surface area contributed by atoms with Crippen LogP contribution in [0.25, 0.3) is 59.4 Å². The van der Waals surface area contributed by atoms with Gasteiger partial charge in [-0.05, 0) is 105 Å². The van der Waals surface area contributed by atoms with Crippen molar-refractivity contribution >= 4 is 72.8 Å². The van der Waals surface area contributed by atoms with Gasteiger partial charge in [-0.2, -0.15) is 0 Å². The van der Waals surface area contributed by atoms with Crippen LogP contribution in [-0.2, 0) is 0 Å². The number of hydrogen-bond donors (Lipinski definition) is 0. The topological polar surface area (TPSA) is 86.1 Å². The predicted octanol–water partition coefficient (Wildman–Crippen LogP) is 13.8. The molecule has 0 unspecified atom stereocenters. The Labute approximate surface area is 383 Å². The quantitative estimate of drug-likeness (QED) is 0.172. The Kier molecular flexibility index (Phi) is 9.88. The SMILES string of the molecule is O=C1c2ccccc2C(=O)c2cc(-c3ccc(-c4ccc(-c5nc6ccccc6n5-c5ccccc5)cc4)s3)ccc21.O=C1c2ccccc2C(=O)c2cc(-c3ccc(Br)s3)ccc21. The molecule has 304 valence electrons. The van der Waals surface area contributed by atoms with Gasteiger partial charge in [-0.25, -0.2) is 4.98 Å². The molecule has 0 saturated carbocycles. The number of hydrogen-bond acceptors (Lipinski definition) is 7. The normalized spacial score (nSPS) is 12.6. The molecule has 2 aliphatic rings. The molecule has 0 bridgehead atoms. The Hall–Kier alpha value is -7.43. The van der Waals surface area contributed by atoms with E-state index in [1.165, 1.54) is 0 Å². The number of nitrogens with zero attached hydrogens (tertiary/aromatic N) is 2. The zero-order valence-electron chi connectivity index (χ0n) is 33.6. The predicted molar refractivity (Wildman–Crippen MR) is 259 cm³/mol. The molecule has 7 aromatic carbocycles. The summed E-state index contributed by atoms with van der Waals surface area (Å²) in [4.78, 5) is 59.7. The van der Waals surface area contributed by atoms with Crippen LogP contribution >= 0.6 is 38.6 Å². The number of ketones is 4. The van der Waals surface area contributed by atoms with Gasteiger partial charge in [-0.15, -0.1) is 22.7 Å². The molecule has 3 heterocycles. The second-order valence-electron chi connectivity index (χ2n) is 15.4. The minimum Gasteiger partial charge on any atom is -0.292 e. The van der Waals surface area contributed by atoms with E-state index in [1.807, 2.05) is 72.8 Å². The highest BCUT2D eigenvalue weighted by molar-refractivity contribution is 9.11. The van der Waals surface area contributed by atoms with Crippen molar-refractivity contribution in [3.8, 4) is 48.4 Å². The van der Waals surface area contributed by atoms with Gasteiger partial charge in [0.1, 0.15) is 5.82 Å². The molecule has 0 saturated heterocycles. The maximum Gasteiger partial charge on any atom is 0.194 e. The van der Waals surface area contributed by atoms with Crippen molar-refractivity contribution in [2.24, 2.45) is 0 Å². The summed E-state index contributed by atoms with van der Waals surface area (Å²) in [5.41, 5.74) is 11.0. The summed E-state index contributed by atoms with van der Waals surface area (Å²) in [6.45, 7) is 0. The van der Waals surface area contributed by atoms with Gasteiger partial charge < -0.3 is 0 Å². The van der Waals surface area contributed by atoms with Crippen molar-refractivity contribution < 1.29 is 19.2 Å². The summed E-state index contributed by atoms with van der Waals surface area (Å²) in [7, 11) is 0. The monoisotopic (exact) mass is 926 g/mol. The van der Waals surface area contributed by atoms with Gasteiger partial charge in [0.25, 0.3) is 0 Å². The van der Waals surface area contributed by atoms with Crippen LogP contribution < -0.4 is 0 Å². The van der Waals surface area contributed by atoms with Gasteiger partial charge in [0.2, 0.25) is 0 Å². The molecule has 0 aliphatic heterocycles. The van der Waals surface area contributed by atoms with E-state index in [0.717, 1.165) is 63.2 Å². The molecule has 3 aromatic heterocycles. The number of rotatable bonds is 5. The fraction of sp³-hybridized carbons (Fsp3) is 0. The zero-order chi connectivity index (χ0) is 43.5. The van der Waals surface area contributed by atoms with Crippen molar-refractivity contribution in [3.05, 3.63) is 236 Å². The van der Waals surface area contributed by atoms with Crippen molar-refractivity contribution in [2.75, 3.05) is 0 Å². The molecule has 2 aliphatic carbocycles. The maximum absolute atomic E-state index is 13.2. The molecular weight excluding hydrogens is 897 g/mol. The van der Waals surface area contributed by atoms with Gasteiger partial charge in [-0.1, -0.05) is 115 Å². The fourth-order valence-corrected chi connectivity index (χ4v) is 10.9. The third-order valence-corrected chi connectivity index (χ3v) is 14.5. The average Bonchev–Trinajstić information content (AvgIpc) is 4.12. The van der Waals surface area contributed by atoms with E-state index in [9.17, 15) is 19.2 Å². The van der Waals surface area contributed by atoms with E-state index < -0.39 is 0 Å². The average molecular weight is 928 g/mol. The lowest BCUT2D eigenvalue weighted by Crippen LogP contribution is -2.20. The van der Waals surface area contributed by atoms with Crippen LogP contribution in [0, 0.1) is 0 Å². The first-order chi connectivity index (χ1) is 31.3. The third kappa shape index (κ3) is 6.82. The molecule has 0 atom stereocenters. The van der Waals surface area contributed by atoms with Crippen molar-refractivity contribution in [1.29, 1.82) is 0 Å². The molecule has 6 nitrogen and oxygen atoms in total. The number of benzene rings is 7. The number of thiophene rings is 2. The molecule has 0 fully saturated rings. The summed E-state index contributed by atoms with van der Waals surface area (Å²) in [5, 5.41) is 0. The number of para-hydroxylation sites is 3. The van der Waals surface area contributed by atoms with Gasteiger partial charge in [-0.3, -0.25) is 23.7 Å². The summed E-state index contributed by atoms with van der Waals surface area (Å²) >= 11 is 6.71. The lowest BCUT2D eigenvalue weighted by Gasteiger charge is -2.17. The van der Waals surface area contributed by atoms with Crippen LogP contribution in [0.2, 0.25) is 0 Å². The van der Waals surface area contributed by atoms with Crippen molar-refractivity contribution in [2.45, 2.75) is 0 Å². The fourth-order valence-electron chi connectivity index (χ4n) is 8.46. The Balaban J connectivity index is 0.000000174. The number of halogens is 1. The zero-order valence-corrected chi connectivity index (χ0v) is 36.8. The van der Waals surface area contributed by atoms with Crippen LogP contribution in [0.1, 0.15) is 63.7 Å². The minimum absolute atomic E-state index is 0.0795. The minimum atomic E-state index is -0.101. The Morgan fingerprint density at radius 2 is 0.797 bits per heavy atom. The van der Waals surface area contributed by atoms with Crippen molar-refractivity contribution in [1.82, 2.24) is 9.55 Å². The number of aromatic nitrogens is 2. The molecule has 12 rings (SSSR count). The summed E-state index contributed by atoms with van der Waals surface area (Å²) in [6, 6.07) is 60.3. The van der Waals surface area contributed by atoms with Gasteiger partial charge in [0.05, 0.1) is 14.8 Å². The number of carbonyl (C=O) groups excluding carboxylic acids is 4. The maximum atomic E-state index is 13.2. The van der Waals surface area contributed by atoms with E-state index in [2.05, 4.69) is 75.1 Å². The Bertz CT molecular complexity index is 3540. The first-order valence-corrected chi connectivity index (χ1v) is 22.9. The molecule has 9 heteroatoms. The summed E-state index contributed by atoms with van der Waals surface area (Å²) in [5.74, 6) is 0.540. The Morgan fingerprint density at radius 3 is 1.34 bits per heavy atom. The standard InChI is InChI=1S/C37H22N2O2S.C18H9BrO2S/c40-35-27-10-4-5-11-28(27)36(41)30-22-25(18-19-29(30)35)34-21-20-33(42-34)23-14-16-24(17-15-23)37-38-31-12-6-7-13-32(31)39(37)26-8-2-1-3-9-26;19-16-8-7-15(22-16)10-5-6-13-14(9-10)18(21)12-4-2-1-3-11(12)17(13)20/h1-22H;1-9H. The first-order valence-electron chi connectivity index (χ1n) is 20.5. The number of imidazole rings is 1. The van der Waals surface area contributed by atoms with E-state index in [4.69, 9.17) is 4.98 Å². The van der Waals surface area contributed by atoms with Gasteiger partial charge in [0.15, 0.2) is 23.1 Å². The van der Waals surface area contributed by atoms with Crippen LogP contribution in [0.15, 0.2) is 192 Å². The molecule has 0 radical (unpaired) electrons. The Morgan fingerprint density at radius 1 is 0.375 bits per heavy atom. The van der Waals surface area contributed by atoms with E-state index in [0.29, 0.717) is 44.5 Å². The summed E-state index contributed by atoms with van der Waals surface area (Å²) < 4.78 is 3.24. The van der Waals surface area contributed by atoms with E-state index >= 15 is 0 Å². The highest BCUT2D eigenvalue weighted by atomic mass is 79.9.